The Morgan fingerprint density at radius 2 is 1.01 bits per heavy atom. The van der Waals surface area contributed by atoms with Crippen LogP contribution >= 0.6 is 0 Å². The molecule has 37 heteroatoms. The van der Waals surface area contributed by atoms with Gasteiger partial charge in [0.25, 0.3) is 0 Å². The molecule has 105 heavy (non-hydrogen) atoms. The van der Waals surface area contributed by atoms with Crippen molar-refractivity contribution in [2.24, 2.45) is 46.3 Å². The lowest BCUT2D eigenvalue weighted by Crippen LogP contribution is -2.68. The Balaban J connectivity index is 0.718. The molecule has 22 N–H and O–H groups in total. The summed E-state index contributed by atoms with van der Waals surface area (Å²) in [7, 11) is 0. The van der Waals surface area contributed by atoms with Gasteiger partial charge >= 0.3 is 0 Å². The fraction of sp³-hybridized carbons (Fsp3) is 0.971. The minimum atomic E-state index is -2.24. The van der Waals surface area contributed by atoms with Crippen LogP contribution in [0.3, 0.4) is 0 Å². The summed E-state index contributed by atoms with van der Waals surface area (Å²) in [6.07, 6.45) is -53.3. The van der Waals surface area contributed by atoms with Crippen molar-refractivity contribution in [2.75, 3.05) is 46.2 Å². The largest absolute Gasteiger partial charge is 0.394 e. The first-order valence-corrected chi connectivity index (χ1v) is 36.9. The lowest BCUT2D eigenvalue weighted by Gasteiger charge is -2.58. The van der Waals surface area contributed by atoms with Gasteiger partial charge in [-0.3, -0.25) is 0 Å². The number of fused-ring (bicyclic) bond motifs is 7. The van der Waals surface area contributed by atoms with Crippen LogP contribution in [0.25, 0.3) is 0 Å². The number of rotatable bonds is 23. The summed E-state index contributed by atoms with van der Waals surface area (Å²) < 4.78 is 90.0. The van der Waals surface area contributed by atoms with E-state index in [4.69, 9.17) is 71.1 Å². The molecule has 8 aliphatic heterocycles. The zero-order valence-corrected chi connectivity index (χ0v) is 59.1. The van der Waals surface area contributed by atoms with Gasteiger partial charge in [0.05, 0.1) is 64.6 Å². The van der Waals surface area contributed by atoms with E-state index in [1.807, 2.05) is 6.92 Å². The van der Waals surface area contributed by atoms with Crippen molar-refractivity contribution in [3.05, 3.63) is 11.6 Å². The Morgan fingerprint density at radius 3 is 1.67 bits per heavy atom. The van der Waals surface area contributed by atoms with Gasteiger partial charge in [-0.05, 0) is 98.7 Å². The smallest absolute Gasteiger partial charge is 0.187 e. The number of allylic oxidation sites excluding steroid dienone is 1. The topological polar surface area (TPSA) is 584 Å². The zero-order chi connectivity index (χ0) is 76.0. The van der Waals surface area contributed by atoms with Crippen LogP contribution in [-0.2, 0) is 71.1 Å². The van der Waals surface area contributed by atoms with Crippen LogP contribution in [0.5, 0.6) is 0 Å². The molecule has 0 radical (unpaired) electrons. The van der Waals surface area contributed by atoms with Gasteiger partial charge in [0.15, 0.2) is 49.8 Å². The Hall–Kier alpha value is -1.74. The molecular weight excluding hydrogens is 1410 g/mol. The molecule has 45 atom stereocenters. The van der Waals surface area contributed by atoms with Crippen molar-refractivity contribution in [1.29, 1.82) is 0 Å². The van der Waals surface area contributed by atoms with E-state index in [0.29, 0.717) is 32.1 Å². The Labute approximate surface area is 605 Å². The first kappa shape index (κ1) is 82.7. The van der Waals surface area contributed by atoms with E-state index in [9.17, 15) is 112 Å². The van der Waals surface area contributed by atoms with Gasteiger partial charge < -0.3 is 183 Å². The summed E-state index contributed by atoms with van der Waals surface area (Å²) in [4.78, 5) is 0. The molecule has 12 aliphatic rings. The van der Waals surface area contributed by atoms with E-state index in [0.717, 1.165) is 31.3 Å². The maximum absolute atomic E-state index is 12.6. The third-order valence-corrected chi connectivity index (χ3v) is 25.4. The molecule has 0 bridgehead atoms. The molecule has 8 saturated heterocycles. The lowest BCUT2D eigenvalue weighted by molar-refractivity contribution is -0.400. The molecule has 0 amide bonds. The van der Waals surface area contributed by atoms with Crippen molar-refractivity contribution in [2.45, 2.75) is 319 Å². The van der Waals surface area contributed by atoms with E-state index in [2.05, 4.69) is 26.8 Å². The summed E-state index contributed by atoms with van der Waals surface area (Å²) in [6, 6.07) is 0. The highest BCUT2D eigenvalue weighted by molar-refractivity contribution is 5.27. The van der Waals surface area contributed by atoms with Crippen LogP contribution in [0.4, 0.5) is 0 Å². The highest BCUT2D eigenvalue weighted by Gasteiger charge is 2.69. The first-order chi connectivity index (χ1) is 49.7. The van der Waals surface area contributed by atoms with Gasteiger partial charge in [0, 0.05) is 12.3 Å². The summed E-state index contributed by atoms with van der Waals surface area (Å²) >= 11 is 0. The van der Waals surface area contributed by atoms with Gasteiger partial charge in [-0.15, -0.1) is 0 Å². The van der Waals surface area contributed by atoms with Gasteiger partial charge in [-0.25, -0.2) is 0 Å². The predicted molar refractivity (Wildman–Crippen MR) is 342 cm³/mol. The molecule has 11 fully saturated rings. The molecule has 8 heterocycles. The van der Waals surface area contributed by atoms with Gasteiger partial charge in [-0.2, -0.15) is 0 Å². The van der Waals surface area contributed by atoms with E-state index >= 15 is 0 Å². The predicted octanol–water partition coefficient (Wildman–Crippen LogP) is -8.90. The van der Waals surface area contributed by atoms with E-state index in [1.54, 1.807) is 0 Å². The fourth-order valence-corrected chi connectivity index (χ4v) is 19.1. The van der Waals surface area contributed by atoms with Crippen LogP contribution in [0, 0.1) is 46.3 Å². The van der Waals surface area contributed by atoms with Crippen LogP contribution in [0.15, 0.2) is 11.6 Å². The number of ether oxygens (including phenoxy) is 15. The van der Waals surface area contributed by atoms with Crippen LogP contribution in [-0.4, -0.2) is 385 Å². The second-order valence-corrected chi connectivity index (χ2v) is 31.8. The Morgan fingerprint density at radius 1 is 0.486 bits per heavy atom. The molecule has 0 spiro atoms. The molecule has 4 aliphatic carbocycles. The summed E-state index contributed by atoms with van der Waals surface area (Å²) in [5.41, 5.74) is 0.725. The number of hydrogen-bond acceptors (Lipinski definition) is 37. The molecule has 0 aromatic rings. The monoisotopic (exact) mass is 1520 g/mol. The third kappa shape index (κ3) is 15.8. The molecule has 12 rings (SSSR count). The second-order valence-electron chi connectivity index (χ2n) is 31.8. The second kappa shape index (κ2) is 33.4. The quantitative estimate of drug-likeness (QED) is 0.0423. The first-order valence-electron chi connectivity index (χ1n) is 36.9. The van der Waals surface area contributed by atoms with E-state index < -0.39 is 260 Å². The van der Waals surface area contributed by atoms with Crippen LogP contribution < -0.4 is 0 Å². The van der Waals surface area contributed by atoms with E-state index in [-0.39, 0.29) is 59.0 Å². The van der Waals surface area contributed by atoms with Gasteiger partial charge in [-0.1, -0.05) is 39.3 Å². The van der Waals surface area contributed by atoms with Crippen LogP contribution in [0.1, 0.15) is 92.4 Å². The SMILES string of the molecule is C[C@H](CCC1(O)O[C@H]2C[C@H]3[C@@H]4CC=C5C[C@@H](O[C@@H]6O[C@H](CO)[C@@H](O[C@@H]7O[C@H](CO)[C@@H](O)[C@H](O[C@@H]8O[C@H](CO[C@@H]9O[C@H](CO)[C@@H](O)[C@H](O)[C@H]9O)[C@@H](O[C@@H]9OC[C@@H](O)[C@H](O)[C@H]9O)[C@H](O)[C@H]8O)[C@H]7O)[C@H](O)[C@H]6O[C@@H]6O[C@@H](C)[C@H](O)[C@@H](O)[C@H]6O)CC[C@]5(C)[C@H]4CC[C@]3(C)[C@H]2[C@@H]1C)CO[C@@H]1O[C@H](CO)[C@@H](O)[C@H](O)[C@H]1O. The molecule has 0 aromatic heterocycles. The average molecular weight is 1520 g/mol. The Kier molecular flexibility index (Phi) is 26.3. The molecule has 606 valence electrons. The molecule has 37 nitrogen and oxygen atoms in total. The van der Waals surface area contributed by atoms with Crippen molar-refractivity contribution >= 4 is 0 Å². The van der Waals surface area contributed by atoms with Crippen molar-refractivity contribution < 1.29 is 183 Å². The number of aliphatic hydroxyl groups excluding tert-OH is 21. The average Bonchev–Trinajstić information content (AvgIpc) is 1.54. The number of aliphatic hydroxyl groups is 22. The normalized spacial score (nSPS) is 54.8. The highest BCUT2D eigenvalue weighted by atomic mass is 16.8. The minimum absolute atomic E-state index is 0.0702. The number of hydrogen-bond donors (Lipinski definition) is 22. The minimum Gasteiger partial charge on any atom is -0.394 e. The lowest BCUT2D eigenvalue weighted by atomic mass is 9.47. The summed E-state index contributed by atoms with van der Waals surface area (Å²) in [5, 5.41) is 240. The standard InChI is InChI=1S/C68H112O37/c1-23(20-91-59-49(84)45(80)41(76)33(16-69)96-59)8-13-68(90)24(2)38-32(105-68)15-30-28-7-6-26-14-27(9-11-66(26,4)29(28)10-12-67(30,38)5)95-65-58(104-62-51(86)44(79)39(74)25(3)94-62)53(88)55(36(19-72)99-65)102-64-54(89)57(43(78)35(18-71)98-64)103-63-52(87)47(82)56(101-61-48(83)40(75)31(73)21-92-61)37(100-63)22-93-60-50(85)46(81)42(77)34(17-70)97-60/h6,23-25,27-65,69-90H,7-22H2,1-5H3/t23-,24+,25+,27+,28-,29+,30+,31-,32+,33-,34-,35-,36-,37-,38+,39+,40+,41-,42-,43-,44-,45+,46+,47-,48-,49-,50-,51-,52-,53+,54-,55-,56-,57+,58-,59-,60-,61+,62+,63+,64+,65-,66+,67+,68?/m1/s1. The third-order valence-electron chi connectivity index (χ3n) is 25.4. The van der Waals surface area contributed by atoms with Gasteiger partial charge in [0.1, 0.15) is 159 Å². The molecule has 0 aromatic carbocycles. The summed E-state index contributed by atoms with van der Waals surface area (Å²) in [6.45, 7) is 5.32. The van der Waals surface area contributed by atoms with E-state index in [1.165, 1.54) is 6.92 Å². The molecule has 3 saturated carbocycles. The van der Waals surface area contributed by atoms with Crippen molar-refractivity contribution in [3.8, 4) is 0 Å². The maximum Gasteiger partial charge on any atom is 0.187 e. The van der Waals surface area contributed by atoms with Crippen molar-refractivity contribution in [1.82, 2.24) is 0 Å². The van der Waals surface area contributed by atoms with Crippen LogP contribution in [0.2, 0.25) is 0 Å². The molecular formula is C68H112O37. The highest BCUT2D eigenvalue weighted by Crippen LogP contribution is 2.70. The molecule has 1 unspecified atom stereocenters. The fourth-order valence-electron chi connectivity index (χ4n) is 19.1. The summed E-state index contributed by atoms with van der Waals surface area (Å²) in [5.74, 6) is -0.845. The van der Waals surface area contributed by atoms with Crippen molar-refractivity contribution in [3.63, 3.8) is 0 Å². The Bertz CT molecular complexity index is 2840. The van der Waals surface area contributed by atoms with Gasteiger partial charge in [0.2, 0.25) is 0 Å². The zero-order valence-electron chi connectivity index (χ0n) is 59.1. The maximum atomic E-state index is 12.6.